The molecule has 2 heteroatoms. The number of rotatable bonds is 3. The van der Waals surface area contributed by atoms with Crippen LogP contribution in [0.5, 0.6) is 0 Å². The highest BCUT2D eigenvalue weighted by Crippen LogP contribution is 2.47. The maximum Gasteiger partial charge on any atom is 0.307 e. The van der Waals surface area contributed by atoms with E-state index in [0.717, 1.165) is 12.8 Å². The summed E-state index contributed by atoms with van der Waals surface area (Å²) in [7, 11) is 0. The SMILES string of the molecule is CC(C)CC1C2C=CC(CC2)C1C(=O)O. The molecule has 4 unspecified atom stereocenters. The molecule has 3 rings (SSSR count). The normalized spacial score (nSPS) is 38.6. The minimum absolute atomic E-state index is 0.115. The van der Waals surface area contributed by atoms with Gasteiger partial charge in [-0.1, -0.05) is 26.0 Å². The Balaban J connectivity index is 2.19. The number of allylic oxidation sites excluding steroid dienone is 2. The third kappa shape index (κ3) is 1.95. The monoisotopic (exact) mass is 208 g/mol. The van der Waals surface area contributed by atoms with Gasteiger partial charge in [0, 0.05) is 0 Å². The van der Waals surface area contributed by atoms with Crippen LogP contribution in [0.3, 0.4) is 0 Å². The molecule has 3 aliphatic carbocycles. The van der Waals surface area contributed by atoms with Gasteiger partial charge >= 0.3 is 5.97 Å². The minimum atomic E-state index is -0.584. The van der Waals surface area contributed by atoms with Crippen molar-refractivity contribution in [3.63, 3.8) is 0 Å². The van der Waals surface area contributed by atoms with Crippen LogP contribution in [0.2, 0.25) is 0 Å². The van der Waals surface area contributed by atoms with Gasteiger partial charge in [0.1, 0.15) is 0 Å². The number of hydrogen-bond donors (Lipinski definition) is 1. The Morgan fingerprint density at radius 1 is 1.33 bits per heavy atom. The first-order valence-electron chi connectivity index (χ1n) is 6.00. The molecular formula is C13H20O2. The Labute approximate surface area is 91.4 Å². The molecule has 1 fully saturated rings. The van der Waals surface area contributed by atoms with Crippen LogP contribution < -0.4 is 0 Å². The molecule has 0 radical (unpaired) electrons. The summed E-state index contributed by atoms with van der Waals surface area (Å²) in [5, 5.41) is 9.31. The summed E-state index contributed by atoms with van der Waals surface area (Å²) >= 11 is 0. The van der Waals surface area contributed by atoms with Gasteiger partial charge < -0.3 is 5.11 Å². The molecule has 0 aromatic heterocycles. The van der Waals surface area contributed by atoms with Crippen molar-refractivity contribution >= 4 is 5.97 Å². The van der Waals surface area contributed by atoms with Crippen LogP contribution >= 0.6 is 0 Å². The summed E-state index contributed by atoms with van der Waals surface area (Å²) in [6.07, 6.45) is 7.74. The number of carbonyl (C=O) groups is 1. The van der Waals surface area contributed by atoms with E-state index in [9.17, 15) is 9.90 Å². The van der Waals surface area contributed by atoms with Crippen molar-refractivity contribution in [3.8, 4) is 0 Å². The zero-order valence-electron chi connectivity index (χ0n) is 9.52. The fourth-order valence-electron chi connectivity index (χ4n) is 3.33. The van der Waals surface area contributed by atoms with Crippen molar-refractivity contribution in [2.45, 2.75) is 33.1 Å². The smallest absolute Gasteiger partial charge is 0.307 e. The highest BCUT2D eigenvalue weighted by Gasteiger charge is 2.44. The first kappa shape index (κ1) is 10.7. The average Bonchev–Trinajstić information content (AvgIpc) is 2.17. The highest BCUT2D eigenvalue weighted by molar-refractivity contribution is 5.71. The quantitative estimate of drug-likeness (QED) is 0.724. The topological polar surface area (TPSA) is 37.3 Å². The first-order chi connectivity index (χ1) is 7.09. The Bertz CT molecular complexity index is 280. The first-order valence-corrected chi connectivity index (χ1v) is 6.00. The lowest BCUT2D eigenvalue weighted by Crippen LogP contribution is -2.41. The highest BCUT2D eigenvalue weighted by atomic mass is 16.4. The van der Waals surface area contributed by atoms with Gasteiger partial charge in [0.15, 0.2) is 0 Å². The molecule has 0 spiro atoms. The molecule has 2 bridgehead atoms. The second kappa shape index (κ2) is 3.99. The number of aliphatic carboxylic acids is 1. The van der Waals surface area contributed by atoms with Gasteiger partial charge in [-0.05, 0) is 42.9 Å². The number of carboxylic acid groups (broad SMARTS) is 1. The van der Waals surface area contributed by atoms with Gasteiger partial charge in [-0.2, -0.15) is 0 Å². The van der Waals surface area contributed by atoms with Gasteiger partial charge in [0.2, 0.25) is 0 Å². The predicted octanol–water partition coefficient (Wildman–Crippen LogP) is 2.95. The largest absolute Gasteiger partial charge is 0.481 e. The lowest BCUT2D eigenvalue weighted by Gasteiger charge is -2.43. The molecular weight excluding hydrogens is 188 g/mol. The Hall–Kier alpha value is -0.790. The van der Waals surface area contributed by atoms with Crippen molar-refractivity contribution in [3.05, 3.63) is 12.2 Å². The average molecular weight is 208 g/mol. The third-order valence-corrected chi connectivity index (χ3v) is 3.94. The Morgan fingerprint density at radius 2 is 1.93 bits per heavy atom. The second-order valence-corrected chi connectivity index (χ2v) is 5.45. The summed E-state index contributed by atoms with van der Waals surface area (Å²) in [5.41, 5.74) is 0. The van der Waals surface area contributed by atoms with Crippen molar-refractivity contribution < 1.29 is 9.90 Å². The Morgan fingerprint density at radius 3 is 2.40 bits per heavy atom. The number of fused-ring (bicyclic) bond motifs is 2. The van der Waals surface area contributed by atoms with E-state index < -0.39 is 5.97 Å². The van der Waals surface area contributed by atoms with Gasteiger partial charge in [0.05, 0.1) is 5.92 Å². The summed E-state index contributed by atoms with van der Waals surface area (Å²) in [6, 6.07) is 0. The van der Waals surface area contributed by atoms with Crippen LogP contribution in [0.4, 0.5) is 0 Å². The molecule has 1 saturated carbocycles. The van der Waals surface area contributed by atoms with E-state index in [1.165, 1.54) is 6.42 Å². The van der Waals surface area contributed by atoms with Crippen LogP contribution in [0.25, 0.3) is 0 Å². The van der Waals surface area contributed by atoms with Gasteiger partial charge in [-0.25, -0.2) is 0 Å². The lowest BCUT2D eigenvalue weighted by molar-refractivity contribution is -0.148. The van der Waals surface area contributed by atoms with Crippen molar-refractivity contribution in [2.24, 2.45) is 29.6 Å². The molecule has 0 amide bonds. The number of hydrogen-bond acceptors (Lipinski definition) is 1. The summed E-state index contributed by atoms with van der Waals surface area (Å²) < 4.78 is 0. The molecule has 1 N–H and O–H groups in total. The summed E-state index contributed by atoms with van der Waals surface area (Å²) in [6.45, 7) is 4.37. The van der Waals surface area contributed by atoms with E-state index in [1.54, 1.807) is 0 Å². The van der Waals surface area contributed by atoms with Gasteiger partial charge in [-0.3, -0.25) is 4.79 Å². The zero-order chi connectivity index (χ0) is 11.0. The van der Waals surface area contributed by atoms with Crippen molar-refractivity contribution in [1.82, 2.24) is 0 Å². The van der Waals surface area contributed by atoms with Crippen LogP contribution in [0.15, 0.2) is 12.2 Å². The fraction of sp³-hybridized carbons (Fsp3) is 0.769. The lowest BCUT2D eigenvalue weighted by atomic mass is 9.60. The molecule has 3 aliphatic rings. The molecule has 0 aromatic carbocycles. The van der Waals surface area contributed by atoms with Crippen LogP contribution in [-0.4, -0.2) is 11.1 Å². The maximum absolute atomic E-state index is 11.3. The molecule has 0 saturated heterocycles. The second-order valence-electron chi connectivity index (χ2n) is 5.45. The molecule has 15 heavy (non-hydrogen) atoms. The van der Waals surface area contributed by atoms with E-state index >= 15 is 0 Å². The van der Waals surface area contributed by atoms with E-state index in [0.29, 0.717) is 23.7 Å². The van der Waals surface area contributed by atoms with Crippen LogP contribution in [0, 0.1) is 29.6 Å². The minimum Gasteiger partial charge on any atom is -0.481 e. The number of carboxylic acids is 1. The third-order valence-electron chi connectivity index (χ3n) is 3.94. The summed E-state index contributed by atoms with van der Waals surface area (Å²) in [4.78, 5) is 11.3. The van der Waals surface area contributed by atoms with Gasteiger partial charge in [-0.15, -0.1) is 0 Å². The molecule has 4 atom stereocenters. The van der Waals surface area contributed by atoms with Crippen LogP contribution in [0.1, 0.15) is 33.1 Å². The predicted molar refractivity (Wildman–Crippen MR) is 59.4 cm³/mol. The fourth-order valence-corrected chi connectivity index (χ4v) is 3.33. The molecule has 0 aromatic rings. The molecule has 84 valence electrons. The van der Waals surface area contributed by atoms with E-state index in [1.807, 2.05) is 0 Å². The molecule has 2 nitrogen and oxygen atoms in total. The standard InChI is InChI=1S/C13H20O2/c1-8(2)7-11-9-3-5-10(6-4-9)12(11)13(14)15/h3,5,8-12H,4,6-7H2,1-2H3,(H,14,15). The summed E-state index contributed by atoms with van der Waals surface area (Å²) in [5.74, 6) is 1.11. The van der Waals surface area contributed by atoms with E-state index in [-0.39, 0.29) is 5.92 Å². The van der Waals surface area contributed by atoms with E-state index in [4.69, 9.17) is 0 Å². The molecule has 0 aliphatic heterocycles. The van der Waals surface area contributed by atoms with Crippen molar-refractivity contribution in [2.75, 3.05) is 0 Å². The zero-order valence-corrected chi connectivity index (χ0v) is 9.52. The van der Waals surface area contributed by atoms with Crippen molar-refractivity contribution in [1.29, 1.82) is 0 Å². The van der Waals surface area contributed by atoms with Gasteiger partial charge in [0.25, 0.3) is 0 Å². The maximum atomic E-state index is 11.3. The van der Waals surface area contributed by atoms with E-state index in [2.05, 4.69) is 26.0 Å². The van der Waals surface area contributed by atoms with Crippen LogP contribution in [-0.2, 0) is 4.79 Å². The Kier molecular flexibility index (Phi) is 2.85. The molecule has 0 heterocycles.